The Labute approximate surface area is 125 Å². The van der Waals surface area contributed by atoms with Crippen LogP contribution in [-0.4, -0.2) is 17.9 Å². The fourth-order valence-corrected chi connectivity index (χ4v) is 3.37. The van der Waals surface area contributed by atoms with Crippen LogP contribution < -0.4 is 11.1 Å². The van der Waals surface area contributed by atoms with E-state index in [-0.39, 0.29) is 23.8 Å². The van der Waals surface area contributed by atoms with E-state index in [1.54, 1.807) is 0 Å². The van der Waals surface area contributed by atoms with E-state index >= 15 is 0 Å². The highest BCUT2D eigenvalue weighted by molar-refractivity contribution is 5.94. The van der Waals surface area contributed by atoms with Gasteiger partial charge in [-0.05, 0) is 49.3 Å². The summed E-state index contributed by atoms with van der Waals surface area (Å²) in [6.45, 7) is 0. The van der Waals surface area contributed by atoms with Crippen molar-refractivity contribution in [3.05, 3.63) is 35.4 Å². The number of carbonyl (C=O) groups excluding carboxylic acids is 2. The predicted molar refractivity (Wildman–Crippen MR) is 80.8 cm³/mol. The molecule has 2 amide bonds. The second kappa shape index (κ2) is 5.88. The molecule has 1 aromatic rings. The highest BCUT2D eigenvalue weighted by Gasteiger charge is 2.32. The topological polar surface area (TPSA) is 72.2 Å². The predicted octanol–water partition coefficient (Wildman–Crippen LogP) is 2.34. The number of benzene rings is 1. The van der Waals surface area contributed by atoms with Crippen molar-refractivity contribution in [1.82, 2.24) is 5.32 Å². The van der Waals surface area contributed by atoms with E-state index in [1.165, 1.54) is 24.8 Å². The van der Waals surface area contributed by atoms with Crippen LogP contribution in [0.15, 0.2) is 24.3 Å². The molecule has 0 radical (unpaired) electrons. The first kappa shape index (κ1) is 14.1. The molecule has 2 saturated carbocycles. The van der Waals surface area contributed by atoms with Crippen LogP contribution in [0.4, 0.5) is 0 Å². The van der Waals surface area contributed by atoms with Gasteiger partial charge in [0.2, 0.25) is 5.91 Å². The van der Waals surface area contributed by atoms with Crippen LogP contribution in [0.5, 0.6) is 0 Å². The highest BCUT2D eigenvalue weighted by Crippen LogP contribution is 2.36. The van der Waals surface area contributed by atoms with E-state index in [9.17, 15) is 9.59 Å². The maximum Gasteiger partial charge on any atom is 0.251 e. The molecule has 3 rings (SSSR count). The summed E-state index contributed by atoms with van der Waals surface area (Å²) < 4.78 is 0. The van der Waals surface area contributed by atoms with Crippen LogP contribution in [0.1, 0.15) is 60.4 Å². The SMILES string of the molecule is NC(=O)[C@@H]1CCC[C@@H]1NC(=O)c1ccc(C2CCC2)cc1. The standard InChI is InChI=1S/C17H22N2O2/c18-16(20)14-5-2-6-15(14)19-17(21)13-9-7-12(8-10-13)11-3-1-4-11/h7-11,14-15H,1-6H2,(H2,18,20)(H,19,21)/t14-,15+/m1/s1. The fourth-order valence-electron chi connectivity index (χ4n) is 3.37. The Morgan fingerprint density at radius 2 is 1.67 bits per heavy atom. The summed E-state index contributed by atoms with van der Waals surface area (Å²) in [6.07, 6.45) is 6.38. The Morgan fingerprint density at radius 1 is 1.00 bits per heavy atom. The smallest absolute Gasteiger partial charge is 0.251 e. The Morgan fingerprint density at radius 3 is 2.24 bits per heavy atom. The van der Waals surface area contributed by atoms with Crippen molar-refractivity contribution < 1.29 is 9.59 Å². The number of carbonyl (C=O) groups is 2. The number of hydrogen-bond acceptors (Lipinski definition) is 2. The Hall–Kier alpha value is -1.84. The monoisotopic (exact) mass is 286 g/mol. The first-order valence-corrected chi connectivity index (χ1v) is 7.85. The van der Waals surface area contributed by atoms with Gasteiger partial charge in [0.15, 0.2) is 0 Å². The van der Waals surface area contributed by atoms with Gasteiger partial charge in [-0.25, -0.2) is 0 Å². The van der Waals surface area contributed by atoms with Crippen LogP contribution in [0, 0.1) is 5.92 Å². The zero-order valence-corrected chi connectivity index (χ0v) is 12.2. The third-order valence-electron chi connectivity index (χ3n) is 4.95. The largest absolute Gasteiger partial charge is 0.369 e. The lowest BCUT2D eigenvalue weighted by Gasteiger charge is -2.25. The molecule has 0 aliphatic heterocycles. The van der Waals surface area contributed by atoms with Crippen LogP contribution in [0.2, 0.25) is 0 Å². The molecule has 2 fully saturated rings. The van der Waals surface area contributed by atoms with Gasteiger partial charge >= 0.3 is 0 Å². The molecule has 3 N–H and O–H groups in total. The maximum absolute atomic E-state index is 12.3. The summed E-state index contributed by atoms with van der Waals surface area (Å²) >= 11 is 0. The Bertz CT molecular complexity index is 534. The number of nitrogens with one attached hydrogen (secondary N) is 1. The third kappa shape index (κ3) is 2.94. The molecule has 0 saturated heterocycles. The van der Waals surface area contributed by atoms with Gasteiger partial charge in [-0.2, -0.15) is 0 Å². The number of rotatable bonds is 4. The fraction of sp³-hybridized carbons (Fsp3) is 0.529. The minimum atomic E-state index is -0.307. The molecule has 1 aromatic carbocycles. The molecular formula is C17H22N2O2. The average Bonchev–Trinajstić information content (AvgIpc) is 2.86. The summed E-state index contributed by atoms with van der Waals surface area (Å²) in [5, 5.41) is 2.96. The van der Waals surface area contributed by atoms with Crippen molar-refractivity contribution in [1.29, 1.82) is 0 Å². The van der Waals surface area contributed by atoms with Crippen LogP contribution in [0.25, 0.3) is 0 Å². The quantitative estimate of drug-likeness (QED) is 0.891. The highest BCUT2D eigenvalue weighted by atomic mass is 16.2. The van der Waals surface area contributed by atoms with Crippen molar-refractivity contribution in [2.45, 2.75) is 50.5 Å². The number of amides is 2. The molecule has 4 nitrogen and oxygen atoms in total. The second-order valence-electron chi connectivity index (χ2n) is 6.27. The van der Waals surface area contributed by atoms with E-state index < -0.39 is 0 Å². The molecule has 0 bridgehead atoms. The van der Waals surface area contributed by atoms with E-state index in [0.29, 0.717) is 11.5 Å². The Balaban J connectivity index is 1.63. The molecule has 2 aliphatic carbocycles. The van der Waals surface area contributed by atoms with Gasteiger partial charge in [0.1, 0.15) is 0 Å². The molecular weight excluding hydrogens is 264 g/mol. The first-order valence-electron chi connectivity index (χ1n) is 7.85. The molecule has 112 valence electrons. The van der Waals surface area contributed by atoms with Crippen LogP contribution >= 0.6 is 0 Å². The van der Waals surface area contributed by atoms with E-state index in [4.69, 9.17) is 5.73 Å². The lowest BCUT2D eigenvalue weighted by Crippen LogP contribution is -2.42. The van der Waals surface area contributed by atoms with Crippen molar-refractivity contribution in [2.75, 3.05) is 0 Å². The summed E-state index contributed by atoms with van der Waals surface area (Å²) in [5.41, 5.74) is 7.38. The number of nitrogens with two attached hydrogens (primary N) is 1. The molecule has 2 atom stereocenters. The van der Waals surface area contributed by atoms with E-state index in [0.717, 1.165) is 19.3 Å². The van der Waals surface area contributed by atoms with Gasteiger partial charge < -0.3 is 11.1 Å². The molecule has 0 aromatic heterocycles. The number of hydrogen-bond donors (Lipinski definition) is 2. The summed E-state index contributed by atoms with van der Waals surface area (Å²) in [7, 11) is 0. The minimum Gasteiger partial charge on any atom is -0.369 e. The van der Waals surface area contributed by atoms with Gasteiger partial charge in [-0.15, -0.1) is 0 Å². The minimum absolute atomic E-state index is 0.103. The van der Waals surface area contributed by atoms with Crippen LogP contribution in [-0.2, 0) is 4.79 Å². The van der Waals surface area contributed by atoms with Gasteiger partial charge in [0.05, 0.1) is 5.92 Å². The third-order valence-corrected chi connectivity index (χ3v) is 4.95. The average molecular weight is 286 g/mol. The van der Waals surface area contributed by atoms with Crippen molar-refractivity contribution >= 4 is 11.8 Å². The molecule has 21 heavy (non-hydrogen) atoms. The molecule has 2 aliphatic rings. The van der Waals surface area contributed by atoms with Crippen LogP contribution in [0.3, 0.4) is 0 Å². The van der Waals surface area contributed by atoms with Crippen molar-refractivity contribution in [3.8, 4) is 0 Å². The molecule has 0 unspecified atom stereocenters. The lowest BCUT2D eigenvalue weighted by atomic mass is 9.80. The first-order chi connectivity index (χ1) is 10.1. The normalized spacial score (nSPS) is 25.3. The summed E-state index contributed by atoms with van der Waals surface area (Å²) in [4.78, 5) is 23.6. The van der Waals surface area contributed by atoms with Crippen molar-refractivity contribution in [2.24, 2.45) is 11.7 Å². The van der Waals surface area contributed by atoms with Gasteiger partial charge in [-0.1, -0.05) is 25.0 Å². The zero-order valence-electron chi connectivity index (χ0n) is 12.2. The van der Waals surface area contributed by atoms with Crippen molar-refractivity contribution in [3.63, 3.8) is 0 Å². The van der Waals surface area contributed by atoms with Gasteiger partial charge in [0.25, 0.3) is 5.91 Å². The zero-order chi connectivity index (χ0) is 14.8. The second-order valence-corrected chi connectivity index (χ2v) is 6.27. The number of primary amides is 1. The lowest BCUT2D eigenvalue weighted by molar-refractivity contribution is -0.122. The molecule has 0 heterocycles. The Kier molecular flexibility index (Phi) is 3.95. The van der Waals surface area contributed by atoms with Gasteiger partial charge in [-0.3, -0.25) is 9.59 Å². The maximum atomic E-state index is 12.3. The summed E-state index contributed by atoms with van der Waals surface area (Å²) in [6, 6.07) is 7.77. The molecule has 4 heteroatoms. The van der Waals surface area contributed by atoms with Gasteiger partial charge in [0, 0.05) is 11.6 Å². The molecule has 0 spiro atoms. The van der Waals surface area contributed by atoms with E-state index in [2.05, 4.69) is 17.4 Å². The van der Waals surface area contributed by atoms with E-state index in [1.807, 2.05) is 12.1 Å². The summed E-state index contributed by atoms with van der Waals surface area (Å²) in [5.74, 6) is 0.0471.